The van der Waals surface area contributed by atoms with Gasteiger partial charge in [-0.1, -0.05) is 0 Å². The van der Waals surface area contributed by atoms with Crippen LogP contribution in [0.5, 0.6) is 0 Å². The van der Waals surface area contributed by atoms with Crippen molar-refractivity contribution in [2.45, 2.75) is 31.7 Å². The molecule has 0 amide bonds. The summed E-state index contributed by atoms with van der Waals surface area (Å²) in [5.74, 6) is 0.0577. The van der Waals surface area contributed by atoms with Gasteiger partial charge in [-0.3, -0.25) is 0 Å². The number of nitrogens with zero attached hydrogens (tertiary/aromatic N) is 3. The van der Waals surface area contributed by atoms with E-state index in [-0.39, 0.29) is 35.4 Å². The van der Waals surface area contributed by atoms with Gasteiger partial charge < -0.3 is 5.32 Å². The van der Waals surface area contributed by atoms with E-state index < -0.39 is 24.1 Å². The average Bonchev–Trinajstić information content (AvgIpc) is 2.74. The standard InChI is InChI=1S/C12H10F6N4/c1-5-4-6(11(13,14)15)20-9-8(5)10-19-3-2-7(12(16,17)18)22(10)21-9/h4,7,19H,2-3H2,1H3/t7-/m1/s1. The highest BCUT2D eigenvalue weighted by Gasteiger charge is 2.45. The van der Waals surface area contributed by atoms with Crippen molar-refractivity contribution in [2.24, 2.45) is 0 Å². The molecule has 0 aromatic carbocycles. The van der Waals surface area contributed by atoms with E-state index in [1.165, 1.54) is 6.92 Å². The second-order valence-electron chi connectivity index (χ2n) is 5.09. The van der Waals surface area contributed by atoms with Gasteiger partial charge in [0, 0.05) is 6.54 Å². The fourth-order valence-electron chi connectivity index (χ4n) is 2.58. The Kier molecular flexibility index (Phi) is 3.05. The van der Waals surface area contributed by atoms with E-state index in [2.05, 4.69) is 15.4 Å². The Morgan fingerprint density at radius 2 is 1.91 bits per heavy atom. The molecule has 0 unspecified atom stereocenters. The summed E-state index contributed by atoms with van der Waals surface area (Å²) in [5, 5.41) is 6.61. The third-order valence-corrected chi connectivity index (χ3v) is 3.54. The van der Waals surface area contributed by atoms with Crippen LogP contribution in [0.1, 0.15) is 23.7 Å². The predicted octanol–water partition coefficient (Wildman–Crippen LogP) is 3.68. The monoisotopic (exact) mass is 324 g/mol. The molecule has 0 spiro atoms. The fraction of sp³-hybridized carbons (Fsp3) is 0.500. The SMILES string of the molecule is Cc1cc(C(F)(F)F)nc2nn3c(c12)NCC[C@@H]3C(F)(F)F. The minimum Gasteiger partial charge on any atom is -0.370 e. The first-order valence-electron chi connectivity index (χ1n) is 6.36. The number of halogens is 6. The first-order valence-corrected chi connectivity index (χ1v) is 6.36. The number of fused-ring (bicyclic) bond motifs is 3. The molecule has 22 heavy (non-hydrogen) atoms. The van der Waals surface area contributed by atoms with Gasteiger partial charge in [-0.05, 0) is 25.0 Å². The van der Waals surface area contributed by atoms with Crippen molar-refractivity contribution in [3.63, 3.8) is 0 Å². The topological polar surface area (TPSA) is 42.7 Å². The van der Waals surface area contributed by atoms with Gasteiger partial charge in [-0.15, -0.1) is 5.10 Å². The Morgan fingerprint density at radius 1 is 1.23 bits per heavy atom. The van der Waals surface area contributed by atoms with Crippen LogP contribution in [0.15, 0.2) is 6.07 Å². The quantitative estimate of drug-likeness (QED) is 0.752. The molecule has 10 heteroatoms. The molecule has 0 aliphatic carbocycles. The lowest BCUT2D eigenvalue weighted by Crippen LogP contribution is -2.33. The zero-order valence-electron chi connectivity index (χ0n) is 11.2. The van der Waals surface area contributed by atoms with Gasteiger partial charge in [-0.25, -0.2) is 9.67 Å². The summed E-state index contributed by atoms with van der Waals surface area (Å²) < 4.78 is 78.0. The lowest BCUT2D eigenvalue weighted by Gasteiger charge is -2.27. The van der Waals surface area contributed by atoms with Crippen molar-refractivity contribution in [1.29, 1.82) is 0 Å². The summed E-state index contributed by atoms with van der Waals surface area (Å²) >= 11 is 0. The molecule has 4 nitrogen and oxygen atoms in total. The lowest BCUT2D eigenvalue weighted by molar-refractivity contribution is -0.171. The van der Waals surface area contributed by atoms with Gasteiger partial charge in [0.15, 0.2) is 11.7 Å². The normalized spacial score (nSPS) is 19.1. The van der Waals surface area contributed by atoms with Crippen molar-refractivity contribution in [3.05, 3.63) is 17.3 Å². The van der Waals surface area contributed by atoms with Crippen LogP contribution in [0.2, 0.25) is 0 Å². The number of rotatable bonds is 0. The van der Waals surface area contributed by atoms with Gasteiger partial charge in [-0.2, -0.15) is 26.3 Å². The summed E-state index contributed by atoms with van der Waals surface area (Å²) in [5.41, 5.74) is -1.34. The smallest absolute Gasteiger partial charge is 0.370 e. The molecular formula is C12H10F6N4. The maximum atomic E-state index is 13.0. The van der Waals surface area contributed by atoms with Gasteiger partial charge in [0.25, 0.3) is 0 Å². The molecule has 0 fully saturated rings. The minimum absolute atomic E-state index is 0.0577. The molecule has 3 rings (SSSR count). The largest absolute Gasteiger partial charge is 0.433 e. The van der Waals surface area contributed by atoms with E-state index in [0.29, 0.717) is 4.68 Å². The van der Waals surface area contributed by atoms with Crippen LogP contribution in [-0.4, -0.2) is 27.5 Å². The number of pyridine rings is 1. The molecule has 1 atom stereocenters. The van der Waals surface area contributed by atoms with E-state index in [9.17, 15) is 26.3 Å². The van der Waals surface area contributed by atoms with Gasteiger partial charge in [0.2, 0.25) is 0 Å². The molecule has 120 valence electrons. The number of aromatic nitrogens is 3. The number of anilines is 1. The van der Waals surface area contributed by atoms with Crippen molar-refractivity contribution in [3.8, 4) is 0 Å². The zero-order valence-corrected chi connectivity index (χ0v) is 11.2. The molecule has 0 bridgehead atoms. The van der Waals surface area contributed by atoms with E-state index in [1.807, 2.05) is 0 Å². The van der Waals surface area contributed by atoms with Gasteiger partial charge in [0.05, 0.1) is 5.39 Å². The van der Waals surface area contributed by atoms with Gasteiger partial charge in [0.1, 0.15) is 11.5 Å². The number of nitrogens with one attached hydrogen (secondary N) is 1. The van der Waals surface area contributed by atoms with E-state index >= 15 is 0 Å². The Balaban J connectivity index is 2.24. The molecule has 1 aliphatic heterocycles. The average molecular weight is 324 g/mol. The van der Waals surface area contributed by atoms with Crippen molar-refractivity contribution in [1.82, 2.24) is 14.8 Å². The summed E-state index contributed by atoms with van der Waals surface area (Å²) in [6.07, 6.45) is -9.45. The van der Waals surface area contributed by atoms with Crippen LogP contribution >= 0.6 is 0 Å². The third kappa shape index (κ3) is 2.26. The Hall–Kier alpha value is -2.00. The summed E-state index contributed by atoms with van der Waals surface area (Å²) in [6.45, 7) is 1.45. The fourth-order valence-corrected chi connectivity index (χ4v) is 2.58. The molecule has 1 N–H and O–H groups in total. The van der Waals surface area contributed by atoms with Crippen molar-refractivity contribution < 1.29 is 26.3 Å². The molecule has 2 aromatic heterocycles. The van der Waals surface area contributed by atoms with Crippen LogP contribution in [0.4, 0.5) is 32.2 Å². The highest BCUT2D eigenvalue weighted by molar-refractivity contribution is 5.91. The maximum Gasteiger partial charge on any atom is 0.433 e. The highest BCUT2D eigenvalue weighted by Crippen LogP contribution is 2.41. The molecular weight excluding hydrogens is 314 g/mol. The lowest BCUT2D eigenvalue weighted by atomic mass is 10.1. The van der Waals surface area contributed by atoms with Crippen LogP contribution in [0, 0.1) is 6.92 Å². The second kappa shape index (κ2) is 4.50. The van der Waals surface area contributed by atoms with Crippen LogP contribution < -0.4 is 5.32 Å². The molecule has 1 aliphatic rings. The first kappa shape index (κ1) is 14.9. The first-order chi connectivity index (χ1) is 10.1. The summed E-state index contributed by atoms with van der Waals surface area (Å²) in [4.78, 5) is 3.36. The van der Waals surface area contributed by atoms with E-state index in [4.69, 9.17) is 0 Å². The number of hydrogen-bond acceptors (Lipinski definition) is 3. The van der Waals surface area contributed by atoms with Crippen LogP contribution in [0.3, 0.4) is 0 Å². The van der Waals surface area contributed by atoms with Crippen molar-refractivity contribution >= 4 is 16.9 Å². The minimum atomic E-state index is -4.68. The zero-order chi connectivity index (χ0) is 16.3. The number of hydrogen-bond donors (Lipinski definition) is 1. The number of aryl methyl sites for hydroxylation is 1. The van der Waals surface area contributed by atoms with E-state index in [0.717, 1.165) is 6.07 Å². The van der Waals surface area contributed by atoms with Crippen LogP contribution in [-0.2, 0) is 6.18 Å². The summed E-state index contributed by atoms with van der Waals surface area (Å²) in [7, 11) is 0. The van der Waals surface area contributed by atoms with Crippen molar-refractivity contribution in [2.75, 3.05) is 11.9 Å². The Labute approximate surface area is 120 Å². The van der Waals surface area contributed by atoms with Crippen LogP contribution in [0.25, 0.3) is 11.0 Å². The molecule has 0 radical (unpaired) electrons. The summed E-state index contributed by atoms with van der Waals surface area (Å²) in [6, 6.07) is -1.06. The Morgan fingerprint density at radius 3 is 2.50 bits per heavy atom. The third-order valence-electron chi connectivity index (χ3n) is 3.54. The number of alkyl halides is 6. The molecule has 3 heterocycles. The Bertz CT molecular complexity index is 730. The highest BCUT2D eigenvalue weighted by atomic mass is 19.4. The molecule has 0 saturated heterocycles. The maximum absolute atomic E-state index is 13.0. The molecule has 2 aromatic rings. The molecule has 0 saturated carbocycles. The van der Waals surface area contributed by atoms with Gasteiger partial charge >= 0.3 is 12.4 Å². The predicted molar refractivity (Wildman–Crippen MR) is 65.5 cm³/mol. The second-order valence-corrected chi connectivity index (χ2v) is 5.09. The van der Waals surface area contributed by atoms with E-state index in [1.54, 1.807) is 0 Å².